The van der Waals surface area contributed by atoms with Crippen molar-refractivity contribution in [2.45, 2.75) is 44.6 Å². The Labute approximate surface area is 191 Å². The summed E-state index contributed by atoms with van der Waals surface area (Å²) in [5, 5.41) is 12.7. The number of benzene rings is 1. The van der Waals surface area contributed by atoms with Crippen LogP contribution in [0.5, 0.6) is 0 Å². The van der Waals surface area contributed by atoms with Crippen molar-refractivity contribution in [2.24, 2.45) is 0 Å². The number of pyridine rings is 1. The van der Waals surface area contributed by atoms with Gasteiger partial charge in [-0.05, 0) is 62.4 Å². The third-order valence-corrected chi connectivity index (χ3v) is 6.32. The van der Waals surface area contributed by atoms with Crippen LogP contribution in [0, 0.1) is 6.92 Å². The van der Waals surface area contributed by atoms with Crippen LogP contribution < -0.4 is 11.1 Å². The van der Waals surface area contributed by atoms with Crippen molar-refractivity contribution in [1.29, 1.82) is 0 Å². The van der Waals surface area contributed by atoms with E-state index in [1.807, 2.05) is 35.7 Å². The number of anilines is 2. The molecule has 8 nitrogen and oxygen atoms in total. The summed E-state index contributed by atoms with van der Waals surface area (Å²) in [6.45, 7) is 1.96. The second-order valence-corrected chi connectivity index (χ2v) is 8.55. The number of aryl methyl sites for hydroxylation is 1. The number of rotatable bonds is 4. The fourth-order valence-corrected chi connectivity index (χ4v) is 4.59. The van der Waals surface area contributed by atoms with E-state index in [1.54, 1.807) is 30.6 Å². The molecule has 1 aromatic carbocycles. The van der Waals surface area contributed by atoms with E-state index >= 15 is 0 Å². The molecule has 3 heterocycles. The topological polar surface area (TPSA) is 118 Å². The van der Waals surface area contributed by atoms with Gasteiger partial charge in [0.1, 0.15) is 28.7 Å². The van der Waals surface area contributed by atoms with Crippen molar-refractivity contribution in [1.82, 2.24) is 19.4 Å². The SMILES string of the molecule is Cc1cc(C(=O)Nc2ccccn2)ccc1-c1nc([C@H]2CC[C@H](O)CC2)n2ccnc(N)c12. The number of hydrogen-bond donors (Lipinski definition) is 3. The molecule has 0 spiro atoms. The maximum absolute atomic E-state index is 12.7. The number of nitrogens with zero attached hydrogens (tertiary/aromatic N) is 4. The van der Waals surface area contributed by atoms with E-state index in [4.69, 9.17) is 10.7 Å². The summed E-state index contributed by atoms with van der Waals surface area (Å²) in [7, 11) is 0. The van der Waals surface area contributed by atoms with Gasteiger partial charge in [0.05, 0.1) is 6.10 Å². The number of aliphatic hydroxyl groups is 1. The highest BCUT2D eigenvalue weighted by atomic mass is 16.3. The van der Waals surface area contributed by atoms with Crippen LogP contribution in [-0.4, -0.2) is 36.5 Å². The van der Waals surface area contributed by atoms with Crippen LogP contribution in [0.3, 0.4) is 0 Å². The standard InChI is InChI=1S/C25H26N6O2/c1-15-14-17(25(33)29-20-4-2-3-11-27-20)7-10-19(15)21-22-23(26)28-12-13-31(22)24(30-21)16-5-8-18(32)9-6-16/h2-4,7,10-14,16,18,32H,5-6,8-9H2,1H3,(H2,26,28)(H,27,29,33)/t16-,18-. The summed E-state index contributed by atoms with van der Waals surface area (Å²) in [5.41, 5.74) is 10.2. The Morgan fingerprint density at radius 2 is 1.94 bits per heavy atom. The zero-order chi connectivity index (χ0) is 22.9. The van der Waals surface area contributed by atoms with Gasteiger partial charge in [0.25, 0.3) is 5.91 Å². The molecule has 0 radical (unpaired) electrons. The molecule has 0 unspecified atom stereocenters. The first-order chi connectivity index (χ1) is 16.0. The Morgan fingerprint density at radius 1 is 1.12 bits per heavy atom. The van der Waals surface area contributed by atoms with Crippen molar-refractivity contribution in [2.75, 3.05) is 11.1 Å². The summed E-state index contributed by atoms with van der Waals surface area (Å²) in [4.78, 5) is 26.2. The monoisotopic (exact) mass is 442 g/mol. The highest BCUT2D eigenvalue weighted by Crippen LogP contribution is 2.37. The fourth-order valence-electron chi connectivity index (χ4n) is 4.59. The van der Waals surface area contributed by atoms with Crippen LogP contribution in [0.4, 0.5) is 11.6 Å². The van der Waals surface area contributed by atoms with Gasteiger partial charge in [0.2, 0.25) is 0 Å². The number of carbonyl (C=O) groups excluding carboxylic acids is 1. The minimum absolute atomic E-state index is 0.222. The maximum Gasteiger partial charge on any atom is 0.256 e. The van der Waals surface area contributed by atoms with Gasteiger partial charge in [-0.15, -0.1) is 0 Å². The molecule has 33 heavy (non-hydrogen) atoms. The Hall–Kier alpha value is -3.78. The van der Waals surface area contributed by atoms with Crippen molar-refractivity contribution < 1.29 is 9.90 Å². The molecule has 1 saturated carbocycles. The number of aromatic nitrogens is 4. The third-order valence-electron chi connectivity index (χ3n) is 6.32. The van der Waals surface area contributed by atoms with Gasteiger partial charge in [-0.1, -0.05) is 12.1 Å². The molecule has 1 aliphatic rings. The minimum Gasteiger partial charge on any atom is -0.393 e. The molecule has 5 rings (SSSR count). The van der Waals surface area contributed by atoms with Crippen molar-refractivity contribution in [3.8, 4) is 11.3 Å². The number of nitrogen functional groups attached to an aromatic ring is 1. The van der Waals surface area contributed by atoms with Crippen LogP contribution in [0.2, 0.25) is 0 Å². The Kier molecular flexibility index (Phi) is 5.51. The van der Waals surface area contributed by atoms with Gasteiger partial charge in [0.15, 0.2) is 0 Å². The number of nitrogens with two attached hydrogens (primary N) is 1. The summed E-state index contributed by atoms with van der Waals surface area (Å²) in [6, 6.07) is 10.9. The van der Waals surface area contributed by atoms with E-state index in [2.05, 4.69) is 15.3 Å². The lowest BCUT2D eigenvalue weighted by molar-refractivity contribution is 0.102. The van der Waals surface area contributed by atoms with E-state index in [0.29, 0.717) is 17.2 Å². The summed E-state index contributed by atoms with van der Waals surface area (Å²) in [5.74, 6) is 1.89. The molecular formula is C25H26N6O2. The molecule has 0 aliphatic heterocycles. The number of imidazole rings is 1. The van der Waals surface area contributed by atoms with E-state index in [-0.39, 0.29) is 17.9 Å². The smallest absolute Gasteiger partial charge is 0.256 e. The first-order valence-electron chi connectivity index (χ1n) is 11.1. The van der Waals surface area contributed by atoms with Gasteiger partial charge < -0.3 is 16.2 Å². The molecule has 1 aliphatic carbocycles. The molecule has 0 bridgehead atoms. The van der Waals surface area contributed by atoms with Crippen LogP contribution in [0.1, 0.15) is 53.3 Å². The molecule has 0 saturated heterocycles. The van der Waals surface area contributed by atoms with Gasteiger partial charge >= 0.3 is 0 Å². The largest absolute Gasteiger partial charge is 0.393 e. The van der Waals surface area contributed by atoms with E-state index in [1.165, 1.54) is 0 Å². The van der Waals surface area contributed by atoms with E-state index in [0.717, 1.165) is 53.8 Å². The fraction of sp³-hybridized carbons (Fsp3) is 0.280. The van der Waals surface area contributed by atoms with Gasteiger partial charge in [-0.3, -0.25) is 9.20 Å². The molecular weight excluding hydrogens is 416 g/mol. The van der Waals surface area contributed by atoms with Gasteiger partial charge in [0, 0.05) is 35.6 Å². The van der Waals surface area contributed by atoms with Gasteiger partial charge in [-0.25, -0.2) is 15.0 Å². The average Bonchev–Trinajstić information content (AvgIpc) is 3.21. The Bertz CT molecular complexity index is 1310. The van der Waals surface area contributed by atoms with Gasteiger partial charge in [-0.2, -0.15) is 0 Å². The lowest BCUT2D eigenvalue weighted by atomic mass is 9.87. The summed E-state index contributed by atoms with van der Waals surface area (Å²) < 4.78 is 2.03. The number of aliphatic hydroxyl groups excluding tert-OH is 1. The van der Waals surface area contributed by atoms with E-state index < -0.39 is 0 Å². The first-order valence-corrected chi connectivity index (χ1v) is 11.1. The highest BCUT2D eigenvalue weighted by Gasteiger charge is 2.27. The molecule has 1 fully saturated rings. The quantitative estimate of drug-likeness (QED) is 0.440. The molecule has 1 amide bonds. The first kappa shape index (κ1) is 21.1. The molecule has 3 aromatic heterocycles. The van der Waals surface area contributed by atoms with E-state index in [9.17, 15) is 9.90 Å². The molecule has 0 atom stereocenters. The minimum atomic E-state index is -0.231. The third kappa shape index (κ3) is 4.05. The number of carbonyl (C=O) groups is 1. The average molecular weight is 443 g/mol. The Morgan fingerprint density at radius 3 is 2.67 bits per heavy atom. The maximum atomic E-state index is 12.7. The van der Waals surface area contributed by atoms with Crippen LogP contribution in [0.25, 0.3) is 16.8 Å². The number of amides is 1. The predicted molar refractivity (Wildman–Crippen MR) is 127 cm³/mol. The van der Waals surface area contributed by atoms with Crippen LogP contribution in [-0.2, 0) is 0 Å². The van der Waals surface area contributed by atoms with Crippen molar-refractivity contribution in [3.63, 3.8) is 0 Å². The number of fused-ring (bicyclic) bond motifs is 1. The summed E-state index contributed by atoms with van der Waals surface area (Å²) in [6.07, 6.45) is 8.30. The lowest BCUT2D eigenvalue weighted by Gasteiger charge is -2.24. The second kappa shape index (κ2) is 8.63. The number of hydrogen-bond acceptors (Lipinski definition) is 6. The number of nitrogens with one attached hydrogen (secondary N) is 1. The van der Waals surface area contributed by atoms with Crippen LogP contribution >= 0.6 is 0 Å². The zero-order valence-corrected chi connectivity index (χ0v) is 18.4. The lowest BCUT2D eigenvalue weighted by Crippen LogP contribution is -2.18. The second-order valence-electron chi connectivity index (χ2n) is 8.55. The molecule has 4 N–H and O–H groups in total. The molecule has 4 aromatic rings. The Balaban J connectivity index is 1.52. The van der Waals surface area contributed by atoms with Crippen molar-refractivity contribution >= 4 is 23.1 Å². The predicted octanol–water partition coefficient (Wildman–Crippen LogP) is 3.95. The zero-order valence-electron chi connectivity index (χ0n) is 18.4. The van der Waals surface area contributed by atoms with Crippen molar-refractivity contribution in [3.05, 3.63) is 71.9 Å². The highest BCUT2D eigenvalue weighted by molar-refractivity contribution is 6.04. The summed E-state index contributed by atoms with van der Waals surface area (Å²) >= 11 is 0. The molecule has 8 heteroatoms. The normalized spacial score (nSPS) is 18.4. The molecule has 168 valence electrons. The van der Waals surface area contributed by atoms with Crippen LogP contribution in [0.15, 0.2) is 55.0 Å².